The third-order valence-electron chi connectivity index (χ3n) is 3.87. The Bertz CT molecular complexity index is 832. The van der Waals surface area contributed by atoms with Crippen molar-refractivity contribution in [1.82, 2.24) is 19.9 Å². The summed E-state index contributed by atoms with van der Waals surface area (Å²) in [4.78, 5) is 26.4. The van der Waals surface area contributed by atoms with E-state index in [1.165, 1.54) is 30.7 Å². The smallest absolute Gasteiger partial charge is 0.223 e. The van der Waals surface area contributed by atoms with Gasteiger partial charge in [0.05, 0.1) is 17.2 Å². The Morgan fingerprint density at radius 2 is 2.32 bits per heavy atom. The van der Waals surface area contributed by atoms with E-state index in [1.807, 2.05) is 0 Å². The first kappa shape index (κ1) is 14.0. The van der Waals surface area contributed by atoms with Crippen molar-refractivity contribution in [1.29, 1.82) is 0 Å². The number of hydrogen-bond acceptors (Lipinski definition) is 8. The summed E-state index contributed by atoms with van der Waals surface area (Å²) >= 11 is 1.45. The van der Waals surface area contributed by atoms with Crippen LogP contribution in [0.4, 0.5) is 5.13 Å². The number of methoxy groups -OCH3 is 1. The first-order chi connectivity index (χ1) is 13.2. The van der Waals surface area contributed by atoms with Gasteiger partial charge in [0.25, 0.3) is 0 Å². The fourth-order valence-electron chi connectivity index (χ4n) is 2.75. The maximum Gasteiger partial charge on any atom is 0.223 e. The highest BCUT2D eigenvalue weighted by Crippen LogP contribution is 2.27. The SMILES string of the molecule is [2H]C([2H])([2H])Oc1cc(O[C@@H]2C[C@H](C)N(Cc3cnc(NC(C)=O)s3)C2)ncn1. The van der Waals surface area contributed by atoms with Crippen LogP contribution in [0.25, 0.3) is 0 Å². The monoisotopic (exact) mass is 366 g/mol. The maximum absolute atomic E-state index is 11.1. The van der Waals surface area contributed by atoms with Gasteiger partial charge in [-0.1, -0.05) is 0 Å². The molecule has 0 radical (unpaired) electrons. The summed E-state index contributed by atoms with van der Waals surface area (Å²) < 4.78 is 32.1. The van der Waals surface area contributed by atoms with Gasteiger partial charge in [-0.05, 0) is 6.92 Å². The standard InChI is InChI=1S/C16H21N5O3S/c1-10-4-12(24-15-5-14(23-3)18-9-19-15)7-21(10)8-13-6-17-16(25-13)20-11(2)22/h5-6,9-10,12H,4,7-8H2,1-3H3,(H,17,20,22)/t10-,12+/m0/s1/i3D3. The van der Waals surface area contributed by atoms with Crippen molar-refractivity contribution in [2.75, 3.05) is 18.9 Å². The molecule has 1 fully saturated rings. The molecule has 8 nitrogen and oxygen atoms in total. The summed E-state index contributed by atoms with van der Waals surface area (Å²) in [7, 11) is -2.57. The van der Waals surface area contributed by atoms with Crippen LogP contribution in [-0.4, -0.2) is 51.5 Å². The van der Waals surface area contributed by atoms with Crippen LogP contribution in [0, 0.1) is 0 Å². The van der Waals surface area contributed by atoms with Crippen LogP contribution in [0.2, 0.25) is 0 Å². The Labute approximate surface area is 154 Å². The lowest BCUT2D eigenvalue weighted by Gasteiger charge is -2.19. The lowest BCUT2D eigenvalue weighted by atomic mass is 10.2. The summed E-state index contributed by atoms with van der Waals surface area (Å²) in [5.74, 6) is 0.0812. The number of likely N-dealkylation sites (tertiary alicyclic amines) is 1. The highest BCUT2D eigenvalue weighted by atomic mass is 32.1. The lowest BCUT2D eigenvalue weighted by Crippen LogP contribution is -2.27. The normalized spacial score (nSPS) is 22.7. The second-order valence-corrected chi connectivity index (χ2v) is 6.98. The van der Waals surface area contributed by atoms with Gasteiger partial charge >= 0.3 is 0 Å². The van der Waals surface area contributed by atoms with Gasteiger partial charge in [0, 0.05) is 43.5 Å². The lowest BCUT2D eigenvalue weighted by molar-refractivity contribution is -0.114. The number of rotatable bonds is 6. The minimum absolute atomic E-state index is 0.0527. The second kappa shape index (κ2) is 7.75. The fraction of sp³-hybridized carbons (Fsp3) is 0.500. The quantitative estimate of drug-likeness (QED) is 0.835. The zero-order valence-electron chi connectivity index (χ0n) is 16.9. The molecule has 1 amide bonds. The number of carbonyl (C=O) groups excluding carboxylic acids is 1. The van der Waals surface area contributed by atoms with E-state index in [2.05, 4.69) is 32.1 Å². The van der Waals surface area contributed by atoms with Gasteiger partial charge in [0.2, 0.25) is 17.7 Å². The molecule has 0 saturated carbocycles. The summed E-state index contributed by atoms with van der Waals surface area (Å²) in [6.45, 7) is 4.96. The average Bonchev–Trinajstić information content (AvgIpc) is 3.12. The van der Waals surface area contributed by atoms with E-state index in [0.29, 0.717) is 18.2 Å². The predicted octanol–water partition coefficient (Wildman–Crippen LogP) is 1.94. The Morgan fingerprint density at radius 3 is 3.12 bits per heavy atom. The molecule has 0 unspecified atom stereocenters. The minimum atomic E-state index is -2.57. The van der Waals surface area contributed by atoms with Gasteiger partial charge in [0.1, 0.15) is 12.4 Å². The highest BCUT2D eigenvalue weighted by Gasteiger charge is 2.31. The van der Waals surface area contributed by atoms with Crippen LogP contribution < -0.4 is 14.8 Å². The maximum atomic E-state index is 11.1. The number of carbonyl (C=O) groups is 1. The number of thiazole rings is 1. The molecule has 0 aliphatic carbocycles. The summed E-state index contributed by atoms with van der Waals surface area (Å²) in [5, 5.41) is 3.27. The van der Waals surface area contributed by atoms with Gasteiger partial charge in [0.15, 0.2) is 5.13 Å². The molecule has 1 aliphatic rings. The van der Waals surface area contributed by atoms with Crippen molar-refractivity contribution in [3.63, 3.8) is 0 Å². The number of hydrogen-bond donors (Lipinski definition) is 1. The third kappa shape index (κ3) is 4.64. The first-order valence-corrected chi connectivity index (χ1v) is 8.63. The second-order valence-electron chi connectivity index (χ2n) is 5.86. The van der Waals surface area contributed by atoms with Crippen LogP contribution in [0.1, 0.15) is 29.3 Å². The van der Waals surface area contributed by atoms with E-state index >= 15 is 0 Å². The number of aromatic nitrogens is 3. The number of ether oxygens (including phenoxy) is 2. The molecule has 25 heavy (non-hydrogen) atoms. The third-order valence-corrected chi connectivity index (χ3v) is 4.77. The predicted molar refractivity (Wildman–Crippen MR) is 93.9 cm³/mol. The molecule has 2 aromatic heterocycles. The summed E-state index contributed by atoms with van der Waals surface area (Å²) in [6.07, 6.45) is 3.69. The van der Waals surface area contributed by atoms with E-state index < -0.39 is 7.04 Å². The first-order valence-electron chi connectivity index (χ1n) is 9.32. The molecule has 134 valence electrons. The molecule has 1 saturated heterocycles. The molecule has 3 heterocycles. The molecule has 0 aromatic carbocycles. The summed E-state index contributed by atoms with van der Waals surface area (Å²) in [6, 6.07) is 1.67. The molecular weight excluding hydrogens is 342 g/mol. The molecule has 1 N–H and O–H groups in total. The highest BCUT2D eigenvalue weighted by molar-refractivity contribution is 7.15. The zero-order chi connectivity index (χ0) is 20.3. The molecule has 2 aromatic rings. The largest absolute Gasteiger partial charge is 0.481 e. The summed E-state index contributed by atoms with van der Waals surface area (Å²) in [5.41, 5.74) is 0. The van der Waals surface area contributed by atoms with Crippen molar-refractivity contribution in [3.05, 3.63) is 23.5 Å². The minimum Gasteiger partial charge on any atom is -0.481 e. The molecule has 2 atom stereocenters. The molecular formula is C16H21N5O3S. The molecule has 0 bridgehead atoms. The average molecular weight is 366 g/mol. The number of nitrogens with one attached hydrogen (secondary N) is 1. The van der Waals surface area contributed by atoms with E-state index in [9.17, 15) is 4.79 Å². The van der Waals surface area contributed by atoms with Crippen molar-refractivity contribution in [3.8, 4) is 11.8 Å². The molecule has 9 heteroatoms. The van der Waals surface area contributed by atoms with E-state index in [4.69, 9.17) is 13.6 Å². The van der Waals surface area contributed by atoms with E-state index in [1.54, 1.807) is 6.20 Å². The zero-order valence-corrected chi connectivity index (χ0v) is 14.7. The van der Waals surface area contributed by atoms with Gasteiger partial charge in [-0.15, -0.1) is 11.3 Å². The van der Waals surface area contributed by atoms with Crippen LogP contribution in [0.5, 0.6) is 11.8 Å². The fourth-order valence-corrected chi connectivity index (χ4v) is 3.64. The molecule has 0 spiro atoms. The van der Waals surface area contributed by atoms with Crippen LogP contribution in [0.15, 0.2) is 18.6 Å². The van der Waals surface area contributed by atoms with Crippen molar-refractivity contribution >= 4 is 22.4 Å². The number of anilines is 1. The van der Waals surface area contributed by atoms with Gasteiger partial charge in [-0.3, -0.25) is 9.69 Å². The van der Waals surface area contributed by atoms with Gasteiger partial charge in [-0.25, -0.2) is 15.0 Å². The van der Waals surface area contributed by atoms with Crippen molar-refractivity contribution in [2.24, 2.45) is 0 Å². The van der Waals surface area contributed by atoms with Crippen LogP contribution >= 0.6 is 11.3 Å². The Hall–Kier alpha value is -2.26. The number of nitrogens with zero attached hydrogens (tertiary/aromatic N) is 4. The Balaban J connectivity index is 1.57. The molecule has 3 rings (SSSR count). The van der Waals surface area contributed by atoms with E-state index in [0.717, 1.165) is 11.3 Å². The van der Waals surface area contributed by atoms with Crippen LogP contribution in [0.3, 0.4) is 0 Å². The van der Waals surface area contributed by atoms with Gasteiger partial charge < -0.3 is 14.8 Å². The van der Waals surface area contributed by atoms with Crippen molar-refractivity contribution in [2.45, 2.75) is 39.0 Å². The van der Waals surface area contributed by atoms with E-state index in [-0.39, 0.29) is 29.8 Å². The van der Waals surface area contributed by atoms with Crippen LogP contribution in [-0.2, 0) is 11.3 Å². The number of amides is 1. The Morgan fingerprint density at radius 1 is 1.48 bits per heavy atom. The molecule has 1 aliphatic heterocycles. The van der Waals surface area contributed by atoms with Gasteiger partial charge in [-0.2, -0.15) is 0 Å². The van der Waals surface area contributed by atoms with Crippen molar-refractivity contribution < 1.29 is 18.4 Å². The topological polar surface area (TPSA) is 89.5 Å². The Kier molecular flexibility index (Phi) is 4.33.